The number of hydrogen-bond acceptors (Lipinski definition) is 5. The zero-order chi connectivity index (χ0) is 19.6. The number of nitrogens with zero attached hydrogens (tertiary/aromatic N) is 2. The molecular formula is C19H15Cl2N3O4. The number of nitrogens with one attached hydrogen (secondary N) is 1. The number of ether oxygens (including phenoxy) is 1. The highest BCUT2D eigenvalue weighted by Gasteiger charge is 2.67. The third-order valence-corrected chi connectivity index (χ3v) is 6.22. The molecule has 28 heavy (non-hydrogen) atoms. The van der Waals surface area contributed by atoms with Crippen LogP contribution in [-0.4, -0.2) is 35.2 Å². The Morgan fingerprint density at radius 3 is 2.86 bits per heavy atom. The molecule has 1 spiro atoms. The molecule has 3 aliphatic rings. The molecule has 0 aliphatic carbocycles. The highest BCUT2D eigenvalue weighted by Crippen LogP contribution is 2.52. The van der Waals surface area contributed by atoms with Gasteiger partial charge in [-0.3, -0.25) is 14.5 Å². The third kappa shape index (κ3) is 2.50. The van der Waals surface area contributed by atoms with E-state index in [1.807, 2.05) is 12.2 Å². The number of aromatic nitrogens is 1. The fourth-order valence-corrected chi connectivity index (χ4v) is 4.57. The van der Waals surface area contributed by atoms with E-state index in [2.05, 4.69) is 10.5 Å². The smallest absolute Gasteiger partial charge is 0.235 e. The van der Waals surface area contributed by atoms with Gasteiger partial charge in [-0.1, -0.05) is 40.5 Å². The second kappa shape index (κ2) is 6.07. The molecule has 2 fully saturated rings. The minimum atomic E-state index is -0.825. The summed E-state index contributed by atoms with van der Waals surface area (Å²) < 4.78 is 11.2. The summed E-state index contributed by atoms with van der Waals surface area (Å²) in [6.07, 6.45) is 3.29. The van der Waals surface area contributed by atoms with Crippen LogP contribution in [0.4, 0.5) is 11.5 Å². The number of anilines is 2. The molecule has 2 amide bonds. The zero-order valence-corrected chi connectivity index (χ0v) is 16.2. The molecule has 1 aromatic carbocycles. The SMILES string of the molecule is Cc1cc(N2C[C@@]34C=C[C@@H](O3)[C@@H](C(=O)Nc3ccc(Cl)c(Cl)c3)[C@@H]4C2=O)no1. The van der Waals surface area contributed by atoms with E-state index in [1.54, 1.807) is 31.2 Å². The summed E-state index contributed by atoms with van der Waals surface area (Å²) in [5.41, 5.74) is -0.316. The van der Waals surface area contributed by atoms with Gasteiger partial charge in [0, 0.05) is 11.8 Å². The highest BCUT2D eigenvalue weighted by atomic mass is 35.5. The maximum atomic E-state index is 13.2. The second-order valence-corrected chi connectivity index (χ2v) is 8.05. The van der Waals surface area contributed by atoms with Gasteiger partial charge < -0.3 is 14.6 Å². The molecule has 5 rings (SSSR count). The fourth-order valence-electron chi connectivity index (χ4n) is 4.27. The summed E-state index contributed by atoms with van der Waals surface area (Å²) in [6.45, 7) is 2.05. The van der Waals surface area contributed by atoms with Crippen LogP contribution in [0.5, 0.6) is 0 Å². The lowest BCUT2D eigenvalue weighted by atomic mass is 9.77. The van der Waals surface area contributed by atoms with Crippen LogP contribution in [0.1, 0.15) is 5.76 Å². The Bertz CT molecular complexity index is 1040. The largest absolute Gasteiger partial charge is 0.360 e. The Hall–Kier alpha value is -2.35. The number of fused-ring (bicyclic) bond motifs is 1. The molecule has 144 valence electrons. The Labute approximate surface area is 170 Å². The van der Waals surface area contributed by atoms with Crippen LogP contribution in [0.15, 0.2) is 40.9 Å². The van der Waals surface area contributed by atoms with Gasteiger partial charge in [-0.05, 0) is 25.1 Å². The average molecular weight is 420 g/mol. The lowest BCUT2D eigenvalue weighted by Crippen LogP contribution is -2.41. The van der Waals surface area contributed by atoms with Crippen molar-refractivity contribution in [3.05, 3.63) is 52.2 Å². The first-order chi connectivity index (χ1) is 13.4. The van der Waals surface area contributed by atoms with Gasteiger partial charge in [-0.25, -0.2) is 0 Å². The minimum absolute atomic E-state index is 0.200. The second-order valence-electron chi connectivity index (χ2n) is 7.24. The Kier molecular flexibility index (Phi) is 3.84. The number of rotatable bonds is 3. The van der Waals surface area contributed by atoms with Crippen LogP contribution in [0.2, 0.25) is 10.0 Å². The topological polar surface area (TPSA) is 84.7 Å². The number of halogens is 2. The van der Waals surface area contributed by atoms with Crippen molar-refractivity contribution in [2.45, 2.75) is 18.6 Å². The predicted molar refractivity (Wildman–Crippen MR) is 102 cm³/mol. The third-order valence-electron chi connectivity index (χ3n) is 5.48. The molecule has 2 bridgehead atoms. The average Bonchev–Trinajstić information content (AvgIpc) is 3.39. The molecular weight excluding hydrogens is 405 g/mol. The summed E-state index contributed by atoms with van der Waals surface area (Å²) >= 11 is 11.9. The molecule has 9 heteroatoms. The monoisotopic (exact) mass is 419 g/mol. The Balaban J connectivity index is 1.43. The molecule has 4 atom stereocenters. The molecule has 2 aromatic rings. The van der Waals surface area contributed by atoms with Gasteiger partial charge in [0.2, 0.25) is 11.8 Å². The molecule has 1 aromatic heterocycles. The number of benzene rings is 1. The van der Waals surface area contributed by atoms with Gasteiger partial charge >= 0.3 is 0 Å². The van der Waals surface area contributed by atoms with Crippen LogP contribution >= 0.6 is 23.2 Å². The fraction of sp³-hybridized carbons (Fsp3) is 0.316. The van der Waals surface area contributed by atoms with E-state index in [0.29, 0.717) is 33.9 Å². The van der Waals surface area contributed by atoms with E-state index in [4.69, 9.17) is 32.5 Å². The first kappa shape index (κ1) is 17.7. The quantitative estimate of drug-likeness (QED) is 0.771. The van der Waals surface area contributed by atoms with Gasteiger partial charge in [0.25, 0.3) is 0 Å². The molecule has 0 saturated carbocycles. The van der Waals surface area contributed by atoms with Crippen molar-refractivity contribution in [1.82, 2.24) is 5.16 Å². The molecule has 2 saturated heterocycles. The molecule has 1 N–H and O–H groups in total. The summed E-state index contributed by atoms with van der Waals surface area (Å²) in [5, 5.41) is 7.49. The molecule has 0 radical (unpaired) electrons. The van der Waals surface area contributed by atoms with Crippen LogP contribution < -0.4 is 10.2 Å². The maximum absolute atomic E-state index is 13.2. The predicted octanol–water partition coefficient (Wildman–Crippen LogP) is 3.21. The van der Waals surface area contributed by atoms with E-state index < -0.39 is 23.5 Å². The summed E-state index contributed by atoms with van der Waals surface area (Å²) in [7, 11) is 0. The molecule has 4 heterocycles. The van der Waals surface area contributed by atoms with Crippen LogP contribution in [0, 0.1) is 18.8 Å². The van der Waals surface area contributed by atoms with E-state index in [0.717, 1.165) is 0 Å². The standard InChI is InChI=1S/C19H15Cl2N3O4/c1-9-6-14(23-28-9)24-8-19-5-4-13(27-19)15(16(19)18(24)26)17(25)22-10-2-3-11(20)12(21)7-10/h2-7,13,15-16H,8H2,1H3,(H,22,25)/t13-,15-,16-,19-/m1/s1. The van der Waals surface area contributed by atoms with Crippen LogP contribution in [0.3, 0.4) is 0 Å². The van der Waals surface area contributed by atoms with Crippen LogP contribution in [-0.2, 0) is 14.3 Å². The van der Waals surface area contributed by atoms with Crippen molar-refractivity contribution >= 4 is 46.5 Å². The van der Waals surface area contributed by atoms with Gasteiger partial charge in [0.15, 0.2) is 5.82 Å². The van der Waals surface area contributed by atoms with Crippen molar-refractivity contribution in [2.75, 3.05) is 16.8 Å². The minimum Gasteiger partial charge on any atom is -0.360 e. The first-order valence-corrected chi connectivity index (χ1v) is 9.51. The maximum Gasteiger partial charge on any atom is 0.235 e. The van der Waals surface area contributed by atoms with Crippen molar-refractivity contribution in [2.24, 2.45) is 11.8 Å². The van der Waals surface area contributed by atoms with Crippen molar-refractivity contribution in [3.63, 3.8) is 0 Å². The normalized spacial score (nSPS) is 30.2. The zero-order valence-electron chi connectivity index (χ0n) is 14.7. The van der Waals surface area contributed by atoms with Gasteiger partial charge in [0.1, 0.15) is 11.4 Å². The van der Waals surface area contributed by atoms with Crippen LogP contribution in [0.25, 0.3) is 0 Å². The van der Waals surface area contributed by atoms with E-state index in [-0.39, 0.29) is 11.8 Å². The Morgan fingerprint density at radius 2 is 2.14 bits per heavy atom. The van der Waals surface area contributed by atoms with Gasteiger partial charge in [-0.15, -0.1) is 0 Å². The lowest BCUT2D eigenvalue weighted by Gasteiger charge is -2.23. The van der Waals surface area contributed by atoms with Crippen molar-refractivity contribution < 1.29 is 18.8 Å². The number of carbonyl (C=O) groups is 2. The number of amides is 2. The summed E-state index contributed by atoms with van der Waals surface area (Å²) in [5.74, 6) is -0.741. The molecule has 3 aliphatic heterocycles. The van der Waals surface area contributed by atoms with Crippen molar-refractivity contribution in [1.29, 1.82) is 0 Å². The van der Waals surface area contributed by atoms with E-state index in [1.165, 1.54) is 4.90 Å². The van der Waals surface area contributed by atoms with Crippen molar-refractivity contribution in [3.8, 4) is 0 Å². The number of aryl methyl sites for hydroxylation is 1. The summed E-state index contributed by atoms with van der Waals surface area (Å²) in [4.78, 5) is 27.7. The molecule has 7 nitrogen and oxygen atoms in total. The summed E-state index contributed by atoms with van der Waals surface area (Å²) in [6, 6.07) is 6.53. The van der Waals surface area contributed by atoms with E-state index in [9.17, 15) is 9.59 Å². The lowest BCUT2D eigenvalue weighted by molar-refractivity contribution is -0.128. The molecule has 0 unspecified atom stereocenters. The number of carbonyl (C=O) groups excluding carboxylic acids is 2. The first-order valence-electron chi connectivity index (χ1n) is 8.76. The highest BCUT2D eigenvalue weighted by molar-refractivity contribution is 6.42. The Morgan fingerprint density at radius 1 is 1.32 bits per heavy atom. The van der Waals surface area contributed by atoms with Gasteiger partial charge in [-0.2, -0.15) is 0 Å². The number of hydrogen-bond donors (Lipinski definition) is 1. The van der Waals surface area contributed by atoms with E-state index >= 15 is 0 Å². The van der Waals surface area contributed by atoms with Gasteiger partial charge in [0.05, 0.1) is 34.5 Å².